The van der Waals surface area contributed by atoms with Crippen LogP contribution in [-0.4, -0.2) is 25.6 Å². The van der Waals surface area contributed by atoms with Gasteiger partial charge in [-0.1, -0.05) is 48.0 Å². The van der Waals surface area contributed by atoms with Gasteiger partial charge in [0.2, 0.25) is 0 Å². The van der Waals surface area contributed by atoms with Gasteiger partial charge in [-0.25, -0.2) is 4.79 Å². The number of carbonyl (C=O) groups is 2. The van der Waals surface area contributed by atoms with E-state index in [9.17, 15) is 14.9 Å². The van der Waals surface area contributed by atoms with E-state index in [4.69, 9.17) is 25.8 Å². The minimum absolute atomic E-state index is 0.156. The number of anilines is 1. The van der Waals surface area contributed by atoms with E-state index in [1.54, 1.807) is 42.5 Å². The molecular weight excluding hydrogens is 468 g/mol. The number of nitrogens with one attached hydrogen (secondary N) is 1. The number of esters is 1. The number of rotatable bonds is 9. The number of para-hydroxylation sites is 1. The summed E-state index contributed by atoms with van der Waals surface area (Å²) in [5, 5.41) is 12.8. The molecule has 0 aliphatic rings. The first-order valence-corrected chi connectivity index (χ1v) is 11.1. The zero-order chi connectivity index (χ0) is 25.2. The van der Waals surface area contributed by atoms with Crippen LogP contribution in [0.2, 0.25) is 5.02 Å². The highest BCUT2D eigenvalue weighted by molar-refractivity contribution is 6.31. The molecule has 178 valence electrons. The number of amides is 1. The normalized spacial score (nSPS) is 10.7. The molecule has 35 heavy (non-hydrogen) atoms. The van der Waals surface area contributed by atoms with Crippen LogP contribution in [0.5, 0.6) is 11.5 Å². The lowest BCUT2D eigenvalue weighted by Gasteiger charge is -2.13. The molecule has 3 aromatic rings. The van der Waals surface area contributed by atoms with Crippen LogP contribution in [0.15, 0.2) is 72.3 Å². The highest BCUT2D eigenvalue weighted by Gasteiger charge is 2.16. The Morgan fingerprint density at radius 1 is 1.03 bits per heavy atom. The molecule has 0 fully saturated rings. The molecule has 0 saturated carbocycles. The monoisotopic (exact) mass is 490 g/mol. The molecule has 0 heterocycles. The van der Waals surface area contributed by atoms with Crippen LogP contribution in [0.1, 0.15) is 28.4 Å². The maximum Gasteiger partial charge on any atom is 0.339 e. The molecule has 0 atom stereocenters. The number of ether oxygens (including phenoxy) is 3. The summed E-state index contributed by atoms with van der Waals surface area (Å²) in [7, 11) is 1.25. The van der Waals surface area contributed by atoms with Crippen molar-refractivity contribution in [3.05, 3.63) is 94.0 Å². The molecule has 3 aromatic carbocycles. The second-order valence-corrected chi connectivity index (χ2v) is 7.59. The van der Waals surface area contributed by atoms with Crippen molar-refractivity contribution in [1.29, 1.82) is 5.26 Å². The summed E-state index contributed by atoms with van der Waals surface area (Å²) in [6.07, 6.45) is 1.43. The highest BCUT2D eigenvalue weighted by Crippen LogP contribution is 2.31. The Morgan fingerprint density at radius 3 is 2.49 bits per heavy atom. The fraction of sp³-hybridized carbons (Fsp3) is 0.148. The molecule has 0 bridgehead atoms. The summed E-state index contributed by atoms with van der Waals surface area (Å²) in [6, 6.07) is 20.7. The van der Waals surface area contributed by atoms with E-state index in [-0.39, 0.29) is 23.4 Å². The van der Waals surface area contributed by atoms with E-state index in [0.29, 0.717) is 28.7 Å². The van der Waals surface area contributed by atoms with Gasteiger partial charge in [0.1, 0.15) is 18.2 Å². The Morgan fingerprint density at radius 2 is 1.77 bits per heavy atom. The molecule has 0 unspecified atom stereocenters. The Bertz CT molecular complexity index is 1300. The first-order chi connectivity index (χ1) is 17.0. The molecule has 7 nitrogen and oxygen atoms in total. The van der Waals surface area contributed by atoms with Crippen molar-refractivity contribution in [2.45, 2.75) is 13.5 Å². The zero-order valence-corrected chi connectivity index (χ0v) is 20.0. The average Bonchev–Trinajstić information content (AvgIpc) is 2.87. The smallest absolute Gasteiger partial charge is 0.339 e. The molecule has 1 N–H and O–H groups in total. The second-order valence-electron chi connectivity index (χ2n) is 7.18. The Hall–Kier alpha value is -4.28. The van der Waals surface area contributed by atoms with Crippen molar-refractivity contribution in [3.63, 3.8) is 0 Å². The van der Waals surface area contributed by atoms with Crippen molar-refractivity contribution in [1.82, 2.24) is 0 Å². The fourth-order valence-electron chi connectivity index (χ4n) is 3.16. The number of nitriles is 1. The molecule has 8 heteroatoms. The van der Waals surface area contributed by atoms with E-state index in [2.05, 4.69) is 5.32 Å². The Balaban J connectivity index is 1.82. The van der Waals surface area contributed by atoms with Crippen LogP contribution in [0, 0.1) is 11.3 Å². The molecule has 0 aromatic heterocycles. The van der Waals surface area contributed by atoms with Crippen LogP contribution >= 0.6 is 11.6 Å². The maximum absolute atomic E-state index is 12.8. The van der Waals surface area contributed by atoms with Gasteiger partial charge in [-0.3, -0.25) is 4.79 Å². The number of halogens is 1. The van der Waals surface area contributed by atoms with E-state index in [1.807, 2.05) is 31.2 Å². The lowest BCUT2D eigenvalue weighted by atomic mass is 10.1. The third kappa shape index (κ3) is 6.62. The molecule has 3 rings (SSSR count). The largest absolute Gasteiger partial charge is 0.490 e. The van der Waals surface area contributed by atoms with Crippen LogP contribution in [0.4, 0.5) is 5.69 Å². The van der Waals surface area contributed by atoms with Gasteiger partial charge in [0, 0.05) is 10.6 Å². The fourth-order valence-corrected chi connectivity index (χ4v) is 3.35. The number of hydrogen-bond donors (Lipinski definition) is 1. The summed E-state index contributed by atoms with van der Waals surface area (Å²) in [5.74, 6) is -0.307. The van der Waals surface area contributed by atoms with Crippen LogP contribution in [0.3, 0.4) is 0 Å². The molecule has 0 aliphatic heterocycles. The van der Waals surface area contributed by atoms with E-state index in [1.165, 1.54) is 19.3 Å². The first-order valence-electron chi connectivity index (χ1n) is 10.7. The SMILES string of the molecule is CCOc1cc(/C=C(/C#N)C(=O)Nc2ccccc2C(=O)OC)ccc1OCc1ccccc1Cl. The lowest BCUT2D eigenvalue weighted by Crippen LogP contribution is -2.16. The standard InChI is InChI=1S/C27H23ClN2O5/c1-3-34-25-15-18(12-13-24(25)35-17-19-8-4-6-10-22(19)28)14-20(16-29)26(31)30-23-11-7-5-9-21(23)27(32)33-2/h4-15H,3,17H2,1-2H3,(H,30,31)/b20-14-. The molecule has 0 radical (unpaired) electrons. The van der Waals surface area contributed by atoms with Crippen molar-refractivity contribution in [2.75, 3.05) is 19.0 Å². The number of nitrogens with zero attached hydrogens (tertiary/aromatic N) is 1. The second kappa shape index (κ2) is 12.3. The van der Waals surface area contributed by atoms with E-state index in [0.717, 1.165) is 5.56 Å². The third-order valence-corrected chi connectivity index (χ3v) is 5.23. The first kappa shape index (κ1) is 25.3. The summed E-state index contributed by atoms with van der Waals surface area (Å²) in [5.41, 5.74) is 1.66. The summed E-state index contributed by atoms with van der Waals surface area (Å²) in [6.45, 7) is 2.49. The van der Waals surface area contributed by atoms with E-state index < -0.39 is 11.9 Å². The van der Waals surface area contributed by atoms with Gasteiger partial charge in [0.25, 0.3) is 5.91 Å². The van der Waals surface area contributed by atoms with Crippen LogP contribution < -0.4 is 14.8 Å². The highest BCUT2D eigenvalue weighted by atomic mass is 35.5. The van der Waals surface area contributed by atoms with Gasteiger partial charge in [-0.05, 0) is 48.9 Å². The topological polar surface area (TPSA) is 97.7 Å². The summed E-state index contributed by atoms with van der Waals surface area (Å²) >= 11 is 6.20. The predicted molar refractivity (Wildman–Crippen MR) is 133 cm³/mol. The van der Waals surface area contributed by atoms with Crippen molar-refractivity contribution < 1.29 is 23.8 Å². The van der Waals surface area contributed by atoms with Crippen molar-refractivity contribution in [3.8, 4) is 17.6 Å². The van der Waals surface area contributed by atoms with Crippen LogP contribution in [-0.2, 0) is 16.1 Å². The summed E-state index contributed by atoms with van der Waals surface area (Å²) < 4.78 is 16.3. The average molecular weight is 491 g/mol. The van der Waals surface area contributed by atoms with Crippen molar-refractivity contribution >= 4 is 35.2 Å². The number of hydrogen-bond acceptors (Lipinski definition) is 6. The minimum Gasteiger partial charge on any atom is -0.490 e. The lowest BCUT2D eigenvalue weighted by molar-refractivity contribution is -0.112. The van der Waals surface area contributed by atoms with Crippen molar-refractivity contribution in [2.24, 2.45) is 0 Å². The third-order valence-electron chi connectivity index (χ3n) is 4.87. The number of carbonyl (C=O) groups excluding carboxylic acids is 2. The van der Waals surface area contributed by atoms with Gasteiger partial charge in [-0.15, -0.1) is 0 Å². The number of benzene rings is 3. The van der Waals surface area contributed by atoms with Crippen LogP contribution in [0.25, 0.3) is 6.08 Å². The molecule has 0 spiro atoms. The minimum atomic E-state index is -0.666. The Labute approximate surface area is 208 Å². The summed E-state index contributed by atoms with van der Waals surface area (Å²) in [4.78, 5) is 24.7. The molecular formula is C27H23ClN2O5. The van der Waals surface area contributed by atoms with Gasteiger partial charge >= 0.3 is 5.97 Å². The molecule has 1 amide bonds. The van der Waals surface area contributed by atoms with Gasteiger partial charge in [0.15, 0.2) is 11.5 Å². The zero-order valence-electron chi connectivity index (χ0n) is 19.2. The van der Waals surface area contributed by atoms with Gasteiger partial charge < -0.3 is 19.5 Å². The van der Waals surface area contributed by atoms with E-state index >= 15 is 0 Å². The van der Waals surface area contributed by atoms with Gasteiger partial charge in [-0.2, -0.15) is 5.26 Å². The Kier molecular flexibility index (Phi) is 8.88. The molecule has 0 aliphatic carbocycles. The maximum atomic E-state index is 12.8. The van der Waals surface area contributed by atoms with Gasteiger partial charge in [0.05, 0.1) is 25.0 Å². The quantitative estimate of drug-likeness (QED) is 0.236. The predicted octanol–water partition coefficient (Wildman–Crippen LogP) is 5.65. The number of methoxy groups -OCH3 is 1. The molecule has 0 saturated heterocycles.